The number of thiophene rings is 1. The van der Waals surface area contributed by atoms with Crippen LogP contribution in [0, 0.1) is 6.92 Å². The van der Waals surface area contributed by atoms with Crippen LogP contribution in [0.25, 0.3) is 0 Å². The van der Waals surface area contributed by atoms with E-state index >= 15 is 0 Å². The van der Waals surface area contributed by atoms with Crippen LogP contribution >= 0.6 is 11.3 Å². The number of nitrogens with zero attached hydrogens (tertiary/aromatic N) is 1. The van der Waals surface area contributed by atoms with Crippen molar-refractivity contribution < 1.29 is 9.53 Å². The Hall–Kier alpha value is -1.52. The summed E-state index contributed by atoms with van der Waals surface area (Å²) in [5.74, 6) is 0.0390. The smallest absolute Gasteiger partial charge is 0.198 e. The first kappa shape index (κ1) is 12.0. The van der Waals surface area contributed by atoms with Gasteiger partial charge in [-0.1, -0.05) is 0 Å². The Morgan fingerprint density at radius 3 is 2.71 bits per heavy atom. The molecule has 0 aromatic carbocycles. The van der Waals surface area contributed by atoms with E-state index in [1.54, 1.807) is 12.4 Å². The van der Waals surface area contributed by atoms with E-state index in [1.807, 2.05) is 31.2 Å². The highest BCUT2D eigenvalue weighted by molar-refractivity contribution is 7.14. The maximum atomic E-state index is 11.7. The third-order valence-electron chi connectivity index (χ3n) is 2.27. The number of hydrogen-bond donors (Lipinski definition) is 0. The molecule has 0 saturated carbocycles. The lowest BCUT2D eigenvalue weighted by Crippen LogP contribution is -2.07. The molecule has 17 heavy (non-hydrogen) atoms. The molecule has 0 saturated heterocycles. The highest BCUT2D eigenvalue weighted by Crippen LogP contribution is 2.15. The van der Waals surface area contributed by atoms with Crippen molar-refractivity contribution in [3.05, 3.63) is 52.0 Å². The number of hydrogen-bond acceptors (Lipinski definition) is 4. The van der Waals surface area contributed by atoms with Crippen molar-refractivity contribution in [2.75, 3.05) is 6.61 Å². The Morgan fingerprint density at radius 2 is 2.06 bits per heavy atom. The lowest BCUT2D eigenvalue weighted by molar-refractivity contribution is 0.0730. The molecule has 0 spiro atoms. The highest BCUT2D eigenvalue weighted by atomic mass is 32.1. The zero-order valence-electron chi connectivity index (χ0n) is 9.55. The molecule has 2 rings (SSSR count). The van der Waals surface area contributed by atoms with E-state index in [9.17, 15) is 4.79 Å². The molecule has 2 heterocycles. The molecular formula is C13H13NO2S. The van der Waals surface area contributed by atoms with Crippen LogP contribution in [0.5, 0.6) is 0 Å². The molecule has 0 fully saturated rings. The van der Waals surface area contributed by atoms with Gasteiger partial charge in [0, 0.05) is 17.3 Å². The Morgan fingerprint density at radius 1 is 1.29 bits per heavy atom. The van der Waals surface area contributed by atoms with Crippen LogP contribution in [0.4, 0.5) is 0 Å². The van der Waals surface area contributed by atoms with Gasteiger partial charge in [0.15, 0.2) is 5.78 Å². The zero-order chi connectivity index (χ0) is 12.1. The molecule has 0 aliphatic rings. The molecule has 0 N–H and O–H groups in total. The Balaban J connectivity index is 1.81. The van der Waals surface area contributed by atoms with Crippen LogP contribution in [0.15, 0.2) is 36.7 Å². The first-order valence-electron chi connectivity index (χ1n) is 5.32. The predicted octanol–water partition coefficient (Wildman–Crippen LogP) is 2.85. The van der Waals surface area contributed by atoms with E-state index in [0.29, 0.717) is 6.61 Å². The van der Waals surface area contributed by atoms with Gasteiger partial charge in [0.2, 0.25) is 0 Å². The van der Waals surface area contributed by atoms with Crippen molar-refractivity contribution in [2.24, 2.45) is 0 Å². The van der Waals surface area contributed by atoms with Gasteiger partial charge in [-0.15, -0.1) is 11.3 Å². The first-order valence-corrected chi connectivity index (χ1v) is 6.13. The predicted molar refractivity (Wildman–Crippen MR) is 67.3 cm³/mol. The summed E-state index contributed by atoms with van der Waals surface area (Å²) in [5, 5.41) is 0. The van der Waals surface area contributed by atoms with Gasteiger partial charge in [-0.25, -0.2) is 0 Å². The molecule has 0 unspecified atom stereocenters. The van der Waals surface area contributed by atoms with E-state index in [1.165, 1.54) is 11.3 Å². The minimum atomic E-state index is 0.0390. The monoisotopic (exact) mass is 247 g/mol. The topological polar surface area (TPSA) is 39.2 Å². The lowest BCUT2D eigenvalue weighted by atomic mass is 10.3. The quantitative estimate of drug-likeness (QED) is 0.763. The second-order valence-corrected chi connectivity index (χ2v) is 4.97. The van der Waals surface area contributed by atoms with Crippen molar-refractivity contribution >= 4 is 17.1 Å². The molecule has 88 valence electrons. The number of Topliss-reactive ketones (excluding diaryl/α,β-unsaturated/α-hetero) is 1. The fraction of sp³-hybridized carbons (Fsp3) is 0.231. The van der Waals surface area contributed by atoms with E-state index in [-0.39, 0.29) is 12.4 Å². The summed E-state index contributed by atoms with van der Waals surface area (Å²) in [4.78, 5) is 17.5. The van der Waals surface area contributed by atoms with Crippen LogP contribution in [-0.4, -0.2) is 17.4 Å². The van der Waals surface area contributed by atoms with E-state index < -0.39 is 0 Å². The molecule has 0 atom stereocenters. The van der Waals surface area contributed by atoms with E-state index in [0.717, 1.165) is 15.3 Å². The third kappa shape index (κ3) is 3.47. The van der Waals surface area contributed by atoms with E-state index in [4.69, 9.17) is 4.74 Å². The number of carbonyl (C=O) groups is 1. The summed E-state index contributed by atoms with van der Waals surface area (Å²) in [6, 6.07) is 7.54. The molecule has 2 aromatic heterocycles. The molecular weight excluding hydrogens is 234 g/mol. The van der Waals surface area contributed by atoms with Crippen molar-refractivity contribution in [1.29, 1.82) is 0 Å². The fourth-order valence-corrected chi connectivity index (χ4v) is 2.19. The lowest BCUT2D eigenvalue weighted by Gasteiger charge is -2.02. The third-order valence-corrected chi connectivity index (χ3v) is 3.31. The normalized spacial score (nSPS) is 10.4. The van der Waals surface area contributed by atoms with Gasteiger partial charge in [-0.05, 0) is 36.8 Å². The van der Waals surface area contributed by atoms with Gasteiger partial charge in [0.05, 0.1) is 11.5 Å². The summed E-state index contributed by atoms with van der Waals surface area (Å²) in [5.41, 5.74) is 1.02. The van der Waals surface area contributed by atoms with Crippen LogP contribution < -0.4 is 0 Å². The molecule has 0 amide bonds. The highest BCUT2D eigenvalue weighted by Gasteiger charge is 2.08. The first-order chi connectivity index (χ1) is 8.25. The van der Waals surface area contributed by atoms with Crippen LogP contribution in [0.2, 0.25) is 0 Å². The molecule has 2 aromatic rings. The summed E-state index contributed by atoms with van der Waals surface area (Å²) >= 11 is 1.50. The average Bonchev–Trinajstić information content (AvgIpc) is 2.77. The Labute approximate surface area is 104 Å². The SMILES string of the molecule is Cc1ccc(C(=O)COCc2ccncc2)s1. The number of pyridine rings is 1. The van der Waals surface area contributed by atoms with Gasteiger partial charge in [-0.2, -0.15) is 0 Å². The average molecular weight is 247 g/mol. The summed E-state index contributed by atoms with van der Waals surface area (Å²) in [7, 11) is 0. The van der Waals surface area contributed by atoms with Gasteiger partial charge < -0.3 is 4.74 Å². The van der Waals surface area contributed by atoms with Gasteiger partial charge >= 0.3 is 0 Å². The van der Waals surface area contributed by atoms with Crippen LogP contribution in [0.1, 0.15) is 20.1 Å². The second kappa shape index (κ2) is 5.70. The van der Waals surface area contributed by atoms with Crippen molar-refractivity contribution in [1.82, 2.24) is 4.98 Å². The number of carbonyl (C=O) groups excluding carboxylic acids is 1. The molecule has 4 heteroatoms. The zero-order valence-corrected chi connectivity index (χ0v) is 10.4. The van der Waals surface area contributed by atoms with Crippen molar-refractivity contribution in [3.63, 3.8) is 0 Å². The number of aromatic nitrogens is 1. The standard InChI is InChI=1S/C13H13NO2S/c1-10-2-3-13(17-10)12(15)9-16-8-11-4-6-14-7-5-11/h2-7H,8-9H2,1H3. The van der Waals surface area contributed by atoms with Crippen LogP contribution in [0.3, 0.4) is 0 Å². The maximum Gasteiger partial charge on any atom is 0.198 e. The van der Waals surface area contributed by atoms with Gasteiger partial charge in [0.1, 0.15) is 6.61 Å². The van der Waals surface area contributed by atoms with Crippen molar-refractivity contribution in [3.8, 4) is 0 Å². The van der Waals surface area contributed by atoms with Gasteiger partial charge in [-0.3, -0.25) is 9.78 Å². The fourth-order valence-electron chi connectivity index (χ4n) is 1.40. The molecule has 0 aliphatic heterocycles. The summed E-state index contributed by atoms with van der Waals surface area (Å²) in [6.07, 6.45) is 3.42. The van der Waals surface area contributed by atoms with Crippen LogP contribution in [-0.2, 0) is 11.3 Å². The Bertz CT molecular complexity index is 493. The summed E-state index contributed by atoms with van der Waals surface area (Å²) < 4.78 is 5.37. The van der Waals surface area contributed by atoms with Gasteiger partial charge in [0.25, 0.3) is 0 Å². The molecule has 0 aliphatic carbocycles. The minimum Gasteiger partial charge on any atom is -0.369 e. The molecule has 3 nitrogen and oxygen atoms in total. The number of rotatable bonds is 5. The molecule has 0 radical (unpaired) electrons. The number of ether oxygens (including phenoxy) is 1. The largest absolute Gasteiger partial charge is 0.369 e. The number of ketones is 1. The van der Waals surface area contributed by atoms with E-state index in [2.05, 4.69) is 4.98 Å². The Kier molecular flexibility index (Phi) is 4.01. The second-order valence-electron chi connectivity index (χ2n) is 3.68. The maximum absolute atomic E-state index is 11.7. The number of aryl methyl sites for hydroxylation is 1. The molecule has 0 bridgehead atoms. The van der Waals surface area contributed by atoms with Crippen molar-refractivity contribution in [2.45, 2.75) is 13.5 Å². The minimum absolute atomic E-state index is 0.0390. The summed E-state index contributed by atoms with van der Waals surface area (Å²) in [6.45, 7) is 2.56.